The van der Waals surface area contributed by atoms with E-state index in [0.717, 1.165) is 35.1 Å². The fourth-order valence-corrected chi connectivity index (χ4v) is 3.00. The molecule has 1 aromatic heterocycles. The van der Waals surface area contributed by atoms with E-state index in [1.165, 1.54) is 4.88 Å². The zero-order valence-electron chi connectivity index (χ0n) is 10.9. The van der Waals surface area contributed by atoms with Crippen LogP contribution in [-0.2, 0) is 6.42 Å². The third-order valence-electron chi connectivity index (χ3n) is 2.81. The summed E-state index contributed by atoms with van der Waals surface area (Å²) in [5.74, 6) is 0.888. The van der Waals surface area contributed by atoms with Gasteiger partial charge in [-0.3, -0.25) is 0 Å². The van der Waals surface area contributed by atoms with E-state index in [4.69, 9.17) is 22.1 Å². The lowest BCUT2D eigenvalue weighted by Crippen LogP contribution is -2.12. The van der Waals surface area contributed by atoms with Gasteiger partial charge in [0.05, 0.1) is 10.9 Å². The molecule has 0 amide bonds. The van der Waals surface area contributed by atoms with Crippen LogP contribution in [0.15, 0.2) is 36.4 Å². The molecule has 2 rings (SSSR count). The van der Waals surface area contributed by atoms with Gasteiger partial charge in [0.25, 0.3) is 0 Å². The Kier molecular flexibility index (Phi) is 5.25. The van der Waals surface area contributed by atoms with E-state index in [1.54, 1.807) is 11.3 Å². The van der Waals surface area contributed by atoms with Crippen molar-refractivity contribution in [2.24, 2.45) is 5.73 Å². The lowest BCUT2D eigenvalue weighted by atomic mass is 10.0. The molecule has 2 nitrogen and oxygen atoms in total. The maximum absolute atomic E-state index is 6.24. The summed E-state index contributed by atoms with van der Waals surface area (Å²) >= 11 is 7.51. The maximum atomic E-state index is 6.24. The summed E-state index contributed by atoms with van der Waals surface area (Å²) in [6.45, 7) is 2.83. The molecule has 0 aliphatic carbocycles. The molecule has 19 heavy (non-hydrogen) atoms. The highest BCUT2D eigenvalue weighted by atomic mass is 35.5. The van der Waals surface area contributed by atoms with Crippen LogP contribution in [0.4, 0.5) is 0 Å². The Labute approximate surface area is 123 Å². The van der Waals surface area contributed by atoms with E-state index in [1.807, 2.05) is 36.4 Å². The average Bonchev–Trinajstić information content (AvgIpc) is 2.82. The number of hydrogen-bond donors (Lipinski definition) is 1. The van der Waals surface area contributed by atoms with Crippen molar-refractivity contribution in [1.82, 2.24) is 0 Å². The molecule has 0 saturated heterocycles. The maximum Gasteiger partial charge on any atom is 0.119 e. The van der Waals surface area contributed by atoms with Crippen molar-refractivity contribution in [2.75, 3.05) is 6.61 Å². The van der Waals surface area contributed by atoms with Gasteiger partial charge in [0.1, 0.15) is 5.75 Å². The highest BCUT2D eigenvalue weighted by Crippen LogP contribution is 2.26. The van der Waals surface area contributed by atoms with Crippen molar-refractivity contribution < 1.29 is 4.74 Å². The molecule has 1 aromatic carbocycles. The van der Waals surface area contributed by atoms with E-state index in [-0.39, 0.29) is 6.04 Å². The van der Waals surface area contributed by atoms with Gasteiger partial charge in [-0.05, 0) is 36.2 Å². The van der Waals surface area contributed by atoms with Gasteiger partial charge in [0.15, 0.2) is 0 Å². The summed E-state index contributed by atoms with van der Waals surface area (Å²) in [5, 5.41) is 0. The van der Waals surface area contributed by atoms with Gasteiger partial charge in [-0.25, -0.2) is 0 Å². The second-order valence-electron chi connectivity index (χ2n) is 4.44. The molecule has 0 radical (unpaired) electrons. The molecule has 2 N–H and O–H groups in total. The minimum atomic E-state index is -0.0279. The minimum Gasteiger partial charge on any atom is -0.494 e. The second-order valence-corrected chi connectivity index (χ2v) is 6.24. The fourth-order valence-electron chi connectivity index (χ4n) is 1.85. The van der Waals surface area contributed by atoms with Gasteiger partial charge < -0.3 is 10.5 Å². The average molecular weight is 296 g/mol. The third kappa shape index (κ3) is 4.23. The van der Waals surface area contributed by atoms with Crippen LogP contribution in [-0.4, -0.2) is 6.61 Å². The Bertz CT molecular complexity index is 526. The predicted molar refractivity (Wildman–Crippen MR) is 82.2 cm³/mol. The molecular formula is C15H18ClNOS. The highest BCUT2D eigenvalue weighted by molar-refractivity contribution is 7.16. The van der Waals surface area contributed by atoms with Gasteiger partial charge >= 0.3 is 0 Å². The predicted octanol–water partition coefficient (Wildman–Crippen LogP) is 4.43. The van der Waals surface area contributed by atoms with Crippen LogP contribution in [0.5, 0.6) is 5.75 Å². The van der Waals surface area contributed by atoms with E-state index in [9.17, 15) is 0 Å². The molecule has 0 bridgehead atoms. The summed E-state index contributed by atoms with van der Waals surface area (Å²) in [6.07, 6.45) is 1.80. The number of rotatable bonds is 6. The summed E-state index contributed by atoms with van der Waals surface area (Å²) in [7, 11) is 0. The first-order valence-corrected chi connectivity index (χ1v) is 7.61. The monoisotopic (exact) mass is 295 g/mol. The Morgan fingerprint density at radius 1 is 1.32 bits per heavy atom. The Balaban J connectivity index is 2.03. The van der Waals surface area contributed by atoms with Crippen LogP contribution in [0, 0.1) is 0 Å². The first-order chi connectivity index (χ1) is 9.19. The zero-order chi connectivity index (χ0) is 13.7. The molecule has 2 aromatic rings. The van der Waals surface area contributed by atoms with Crippen LogP contribution in [0.2, 0.25) is 4.34 Å². The van der Waals surface area contributed by atoms with Gasteiger partial charge in [-0.15, -0.1) is 11.3 Å². The third-order valence-corrected chi connectivity index (χ3v) is 4.06. The first kappa shape index (κ1) is 14.4. The normalized spacial score (nSPS) is 12.4. The summed E-state index contributed by atoms with van der Waals surface area (Å²) in [4.78, 5) is 1.21. The second kappa shape index (κ2) is 6.94. The van der Waals surface area contributed by atoms with Crippen LogP contribution >= 0.6 is 22.9 Å². The largest absolute Gasteiger partial charge is 0.494 e. The number of nitrogens with two attached hydrogens (primary N) is 1. The van der Waals surface area contributed by atoms with E-state index >= 15 is 0 Å². The van der Waals surface area contributed by atoms with Crippen LogP contribution < -0.4 is 10.5 Å². The molecular weight excluding hydrogens is 278 g/mol. The number of ether oxygens (including phenoxy) is 1. The molecule has 0 aliphatic rings. The van der Waals surface area contributed by atoms with Gasteiger partial charge in [0, 0.05) is 17.3 Å². The van der Waals surface area contributed by atoms with Crippen LogP contribution in [0.25, 0.3) is 0 Å². The van der Waals surface area contributed by atoms with Crippen molar-refractivity contribution in [1.29, 1.82) is 0 Å². The Morgan fingerprint density at radius 2 is 2.16 bits per heavy atom. The highest BCUT2D eigenvalue weighted by Gasteiger charge is 2.09. The van der Waals surface area contributed by atoms with Gasteiger partial charge in [-0.2, -0.15) is 0 Å². The molecule has 1 atom stereocenters. The molecule has 0 spiro atoms. The zero-order valence-corrected chi connectivity index (χ0v) is 12.5. The van der Waals surface area contributed by atoms with Crippen molar-refractivity contribution in [3.8, 4) is 5.75 Å². The molecule has 1 heterocycles. The van der Waals surface area contributed by atoms with E-state index < -0.39 is 0 Å². The van der Waals surface area contributed by atoms with Crippen LogP contribution in [0.1, 0.15) is 29.8 Å². The summed E-state index contributed by atoms with van der Waals surface area (Å²) in [5.41, 5.74) is 7.34. The Hall–Kier alpha value is -1.03. The molecule has 102 valence electrons. The molecule has 0 aliphatic heterocycles. The smallest absolute Gasteiger partial charge is 0.119 e. The minimum absolute atomic E-state index is 0.0279. The fraction of sp³-hybridized carbons (Fsp3) is 0.333. The van der Waals surface area contributed by atoms with Crippen molar-refractivity contribution in [2.45, 2.75) is 25.8 Å². The molecule has 4 heteroatoms. The van der Waals surface area contributed by atoms with Crippen molar-refractivity contribution in [3.05, 3.63) is 51.2 Å². The molecule has 1 unspecified atom stereocenters. The lowest BCUT2D eigenvalue weighted by molar-refractivity contribution is 0.317. The van der Waals surface area contributed by atoms with Gasteiger partial charge in [-0.1, -0.05) is 30.7 Å². The number of benzene rings is 1. The van der Waals surface area contributed by atoms with Crippen molar-refractivity contribution in [3.63, 3.8) is 0 Å². The number of hydrogen-bond acceptors (Lipinski definition) is 3. The first-order valence-electron chi connectivity index (χ1n) is 6.41. The van der Waals surface area contributed by atoms with Gasteiger partial charge in [0.2, 0.25) is 0 Å². The number of halogens is 1. The summed E-state index contributed by atoms with van der Waals surface area (Å²) < 4.78 is 6.43. The SMILES string of the molecule is CCCOc1cccc(C(N)Cc2ccc(Cl)s2)c1. The molecule has 0 fully saturated rings. The standard InChI is InChI=1S/C15H18ClNOS/c1-2-8-18-12-5-3-4-11(9-12)14(17)10-13-6-7-15(16)19-13/h3-7,9,14H,2,8,10,17H2,1H3. The van der Waals surface area contributed by atoms with Crippen molar-refractivity contribution >= 4 is 22.9 Å². The quantitative estimate of drug-likeness (QED) is 0.855. The lowest BCUT2D eigenvalue weighted by Gasteiger charge is -2.13. The van der Waals surface area contributed by atoms with Crippen LogP contribution in [0.3, 0.4) is 0 Å². The van der Waals surface area contributed by atoms with E-state index in [2.05, 4.69) is 6.92 Å². The summed E-state index contributed by atoms with van der Waals surface area (Å²) in [6, 6.07) is 11.9. The number of thiophene rings is 1. The topological polar surface area (TPSA) is 35.2 Å². The Morgan fingerprint density at radius 3 is 2.84 bits per heavy atom. The molecule has 0 saturated carbocycles. The van der Waals surface area contributed by atoms with E-state index in [0.29, 0.717) is 0 Å².